The molecule has 1 heterocycles. The van der Waals surface area contributed by atoms with Gasteiger partial charge in [-0.3, -0.25) is 0 Å². The molecule has 0 radical (unpaired) electrons. The number of para-hydroxylation sites is 3. The van der Waals surface area contributed by atoms with Crippen LogP contribution in [0.4, 0.5) is 17.1 Å². The predicted molar refractivity (Wildman–Crippen MR) is 215 cm³/mol. The van der Waals surface area contributed by atoms with Crippen molar-refractivity contribution >= 4 is 66.5 Å². The van der Waals surface area contributed by atoms with Crippen LogP contribution in [0, 0.1) is 18.3 Å². The van der Waals surface area contributed by atoms with Crippen LogP contribution in [0.5, 0.6) is 0 Å². The molecule has 3 nitrogen and oxygen atoms in total. The van der Waals surface area contributed by atoms with Crippen molar-refractivity contribution in [3.63, 3.8) is 0 Å². The van der Waals surface area contributed by atoms with E-state index in [1.165, 1.54) is 54.7 Å². The minimum Gasteiger partial charge on any atom is -0.310 e. The average molecular weight is 652 g/mol. The molecule has 0 spiro atoms. The van der Waals surface area contributed by atoms with Gasteiger partial charge in [-0.1, -0.05) is 110 Å². The predicted octanol–water partition coefficient (Wildman–Crippen LogP) is 13.0. The van der Waals surface area contributed by atoms with Crippen LogP contribution >= 0.6 is 0 Å². The topological polar surface area (TPSA) is 32.0 Å². The summed E-state index contributed by atoms with van der Waals surface area (Å²) in [6.07, 6.45) is 1.99. The normalized spacial score (nSPS) is 11.3. The maximum absolute atomic E-state index is 9.50. The lowest BCUT2D eigenvalue weighted by Crippen LogP contribution is -2.11. The number of fused-ring (bicyclic) bond motifs is 6. The quantitative estimate of drug-likeness (QED) is 0.168. The summed E-state index contributed by atoms with van der Waals surface area (Å²) in [6, 6.07) is 60.1. The van der Waals surface area contributed by atoms with E-state index >= 15 is 0 Å². The van der Waals surface area contributed by atoms with E-state index in [1.807, 2.05) is 36.4 Å². The number of benzene rings is 8. The Kier molecular flexibility index (Phi) is 7.23. The first-order valence-corrected chi connectivity index (χ1v) is 17.2. The monoisotopic (exact) mass is 651 g/mol. The Morgan fingerprint density at radius 3 is 1.98 bits per heavy atom. The molecule has 0 unspecified atom stereocenters. The molecule has 9 aromatic rings. The molecule has 0 N–H and O–H groups in total. The third kappa shape index (κ3) is 4.89. The second kappa shape index (κ2) is 12.2. The molecule has 3 heteroatoms. The average Bonchev–Trinajstić information content (AvgIpc) is 3.53. The van der Waals surface area contributed by atoms with Crippen LogP contribution in [0.1, 0.15) is 16.7 Å². The van der Waals surface area contributed by atoms with Gasteiger partial charge in [0.25, 0.3) is 0 Å². The van der Waals surface area contributed by atoms with Crippen LogP contribution in [-0.4, -0.2) is 4.57 Å². The highest BCUT2D eigenvalue weighted by Gasteiger charge is 2.20. The Balaban J connectivity index is 1.27. The van der Waals surface area contributed by atoms with Crippen molar-refractivity contribution in [2.24, 2.45) is 0 Å². The summed E-state index contributed by atoms with van der Waals surface area (Å²) in [6.45, 7) is 6.58. The zero-order valence-electron chi connectivity index (χ0n) is 28.2. The number of aryl methyl sites for hydroxylation is 1. The fourth-order valence-corrected chi connectivity index (χ4v) is 7.81. The van der Waals surface area contributed by atoms with Crippen LogP contribution in [0.15, 0.2) is 170 Å². The molecule has 51 heavy (non-hydrogen) atoms. The van der Waals surface area contributed by atoms with Gasteiger partial charge in [-0.05, 0) is 112 Å². The Labute approximate surface area is 297 Å². The first-order chi connectivity index (χ1) is 25.1. The Hall–Kier alpha value is -6.89. The largest absolute Gasteiger partial charge is 0.310 e. The molecular formula is C48H33N3. The zero-order valence-corrected chi connectivity index (χ0v) is 28.2. The minimum atomic E-state index is 0.630. The SMILES string of the molecule is C=Cc1c(N(c2ccccc2)c2ccc(C#N)cc2)ccc2ccc3c(-c4cccc(-n5c6ccccc6c6ccccc65)c4)ccc(C)c3c12. The third-order valence-corrected chi connectivity index (χ3v) is 10.1. The molecule has 0 aliphatic rings. The molecule has 0 bridgehead atoms. The molecule has 1 aromatic heterocycles. The Bertz CT molecular complexity index is 2780. The molecule has 0 saturated carbocycles. The van der Waals surface area contributed by atoms with Crippen molar-refractivity contribution in [3.05, 3.63) is 187 Å². The van der Waals surface area contributed by atoms with Crippen molar-refractivity contribution in [3.8, 4) is 22.9 Å². The van der Waals surface area contributed by atoms with Gasteiger partial charge in [0, 0.05) is 33.4 Å². The van der Waals surface area contributed by atoms with E-state index in [2.05, 4.69) is 162 Å². The number of hydrogen-bond donors (Lipinski definition) is 0. The van der Waals surface area contributed by atoms with Crippen LogP contribution in [0.25, 0.3) is 66.2 Å². The van der Waals surface area contributed by atoms with Crippen molar-refractivity contribution in [2.45, 2.75) is 6.92 Å². The van der Waals surface area contributed by atoms with E-state index in [0.717, 1.165) is 33.7 Å². The number of nitriles is 1. The van der Waals surface area contributed by atoms with Crippen LogP contribution in [0.2, 0.25) is 0 Å². The fourth-order valence-electron chi connectivity index (χ4n) is 7.81. The summed E-state index contributed by atoms with van der Waals surface area (Å²) in [5.41, 5.74) is 11.8. The molecule has 0 fully saturated rings. The van der Waals surface area contributed by atoms with Gasteiger partial charge in [-0.15, -0.1) is 0 Å². The number of aromatic nitrogens is 1. The lowest BCUT2D eigenvalue weighted by molar-refractivity contribution is 1.18. The van der Waals surface area contributed by atoms with Crippen LogP contribution in [0.3, 0.4) is 0 Å². The highest BCUT2D eigenvalue weighted by molar-refractivity contribution is 6.18. The van der Waals surface area contributed by atoms with Crippen molar-refractivity contribution in [2.75, 3.05) is 4.90 Å². The zero-order chi connectivity index (χ0) is 34.5. The highest BCUT2D eigenvalue weighted by atomic mass is 15.1. The maximum atomic E-state index is 9.50. The van der Waals surface area contributed by atoms with E-state index in [-0.39, 0.29) is 0 Å². The van der Waals surface area contributed by atoms with Crippen molar-refractivity contribution in [1.82, 2.24) is 4.57 Å². The Morgan fingerprint density at radius 1 is 0.608 bits per heavy atom. The molecule has 0 saturated heterocycles. The summed E-state index contributed by atoms with van der Waals surface area (Å²) in [5.74, 6) is 0. The van der Waals surface area contributed by atoms with Gasteiger partial charge in [0.1, 0.15) is 0 Å². The van der Waals surface area contributed by atoms with E-state index in [0.29, 0.717) is 5.56 Å². The molecule has 0 aliphatic heterocycles. The first kappa shape index (κ1) is 30.2. The molecule has 240 valence electrons. The van der Waals surface area contributed by atoms with Gasteiger partial charge in [-0.25, -0.2) is 0 Å². The summed E-state index contributed by atoms with van der Waals surface area (Å²) < 4.78 is 2.38. The lowest BCUT2D eigenvalue weighted by Gasteiger charge is -2.28. The van der Waals surface area contributed by atoms with Crippen LogP contribution < -0.4 is 4.90 Å². The van der Waals surface area contributed by atoms with E-state index in [4.69, 9.17) is 0 Å². The molecule has 0 amide bonds. The molecule has 9 rings (SSSR count). The van der Waals surface area contributed by atoms with E-state index in [1.54, 1.807) is 0 Å². The fraction of sp³-hybridized carbons (Fsp3) is 0.0208. The standard InChI is InChI=1S/C48H33N3/c1-3-39-46(50(36-13-5-4-6-14-36)37-25-21-33(31-49)22-26-37)29-24-34-23-28-43-40(27-20-32(2)47(43)48(34)39)35-12-11-15-38(30-35)51-44-18-9-7-16-41(44)42-17-8-10-19-45(42)51/h3-30H,1H2,2H3. The van der Waals surface area contributed by atoms with Gasteiger partial charge in [0.2, 0.25) is 0 Å². The first-order valence-electron chi connectivity index (χ1n) is 17.2. The van der Waals surface area contributed by atoms with Gasteiger partial charge in [0.15, 0.2) is 0 Å². The van der Waals surface area contributed by atoms with Gasteiger partial charge in [-0.2, -0.15) is 5.26 Å². The van der Waals surface area contributed by atoms with Crippen molar-refractivity contribution in [1.29, 1.82) is 5.26 Å². The number of hydrogen-bond acceptors (Lipinski definition) is 2. The number of rotatable bonds is 6. The van der Waals surface area contributed by atoms with Gasteiger partial charge in [0.05, 0.1) is 28.4 Å². The van der Waals surface area contributed by atoms with Gasteiger partial charge >= 0.3 is 0 Å². The lowest BCUT2D eigenvalue weighted by atomic mass is 9.89. The second-order valence-electron chi connectivity index (χ2n) is 13.0. The smallest absolute Gasteiger partial charge is 0.0991 e. The number of nitrogens with zero attached hydrogens (tertiary/aromatic N) is 3. The summed E-state index contributed by atoms with van der Waals surface area (Å²) >= 11 is 0. The molecule has 0 aliphatic carbocycles. The third-order valence-electron chi connectivity index (χ3n) is 10.1. The van der Waals surface area contributed by atoms with Crippen molar-refractivity contribution < 1.29 is 0 Å². The molecule has 0 atom stereocenters. The summed E-state index contributed by atoms with van der Waals surface area (Å²) in [5, 5.41) is 16.8. The van der Waals surface area contributed by atoms with E-state index in [9.17, 15) is 5.26 Å². The summed E-state index contributed by atoms with van der Waals surface area (Å²) in [7, 11) is 0. The second-order valence-corrected chi connectivity index (χ2v) is 13.0. The molecule has 8 aromatic carbocycles. The molecular weight excluding hydrogens is 619 g/mol. The maximum Gasteiger partial charge on any atom is 0.0991 e. The minimum absolute atomic E-state index is 0.630. The van der Waals surface area contributed by atoms with E-state index < -0.39 is 0 Å². The van der Waals surface area contributed by atoms with Crippen LogP contribution in [-0.2, 0) is 0 Å². The Morgan fingerprint density at radius 2 is 1.27 bits per heavy atom. The number of anilines is 3. The van der Waals surface area contributed by atoms with Gasteiger partial charge < -0.3 is 9.47 Å². The summed E-state index contributed by atoms with van der Waals surface area (Å²) in [4.78, 5) is 2.25. The highest BCUT2D eigenvalue weighted by Crippen LogP contribution is 2.44.